The second-order valence-electron chi connectivity index (χ2n) is 6.99. The number of aryl methyl sites for hydroxylation is 1. The van der Waals surface area contributed by atoms with Gasteiger partial charge in [-0.05, 0) is 48.4 Å². The number of hydrogen-bond acceptors (Lipinski definition) is 7. The number of hydrogen-bond donors (Lipinski definition) is 3. The summed E-state index contributed by atoms with van der Waals surface area (Å²) in [5.74, 6) is -4.46. The number of nitrogens with zero attached hydrogens (tertiary/aromatic N) is 2. The maximum absolute atomic E-state index is 15.0. The number of anilines is 2. The summed E-state index contributed by atoms with van der Waals surface area (Å²) in [7, 11) is 0. The Labute approximate surface area is 193 Å². The summed E-state index contributed by atoms with van der Waals surface area (Å²) in [5, 5.41) is 14.9. The van der Waals surface area contributed by atoms with E-state index in [0.717, 1.165) is 17.8 Å². The normalized spacial score (nSPS) is 11.0. The van der Waals surface area contributed by atoms with E-state index in [2.05, 4.69) is 15.5 Å². The van der Waals surface area contributed by atoms with E-state index in [1.165, 1.54) is 12.1 Å². The molecule has 3 aromatic rings. The zero-order valence-corrected chi connectivity index (χ0v) is 18.0. The van der Waals surface area contributed by atoms with Gasteiger partial charge in [0.25, 0.3) is 5.91 Å². The predicted octanol–water partition coefficient (Wildman–Crippen LogP) is 3.76. The highest BCUT2D eigenvalue weighted by atomic mass is 19.2. The molecule has 8 nitrogen and oxygen atoms in total. The molecule has 0 aliphatic carbocycles. The molecule has 3 N–H and O–H groups in total. The number of carbonyl (C=O) groups is 1. The van der Waals surface area contributed by atoms with Gasteiger partial charge in [0.05, 0.1) is 36.4 Å². The highest BCUT2D eigenvalue weighted by Crippen LogP contribution is 2.30. The van der Waals surface area contributed by atoms with Gasteiger partial charge in [-0.15, -0.1) is 0 Å². The van der Waals surface area contributed by atoms with Crippen LogP contribution in [0.15, 0.2) is 53.9 Å². The Morgan fingerprint density at radius 2 is 1.91 bits per heavy atom. The molecule has 0 fully saturated rings. The van der Waals surface area contributed by atoms with E-state index in [0.29, 0.717) is 5.56 Å². The van der Waals surface area contributed by atoms with E-state index in [-0.39, 0.29) is 25.5 Å². The van der Waals surface area contributed by atoms with Crippen LogP contribution in [-0.4, -0.2) is 35.4 Å². The molecule has 1 heterocycles. The third-order valence-corrected chi connectivity index (χ3v) is 4.47. The fourth-order valence-electron chi connectivity index (χ4n) is 2.80. The number of carbonyl (C=O) groups excluding carboxylic acids is 1. The van der Waals surface area contributed by atoms with Crippen LogP contribution in [-0.2, 0) is 16.3 Å². The minimum Gasteiger partial charge on any atom is -0.394 e. The van der Waals surface area contributed by atoms with Gasteiger partial charge < -0.3 is 15.3 Å². The van der Waals surface area contributed by atoms with Crippen molar-refractivity contribution >= 4 is 23.5 Å². The predicted molar refractivity (Wildman–Crippen MR) is 118 cm³/mol. The summed E-state index contributed by atoms with van der Waals surface area (Å²) < 4.78 is 44.1. The van der Waals surface area contributed by atoms with E-state index in [9.17, 15) is 13.6 Å². The van der Waals surface area contributed by atoms with Crippen molar-refractivity contribution in [3.05, 3.63) is 88.5 Å². The van der Waals surface area contributed by atoms with E-state index < -0.39 is 40.2 Å². The molecule has 178 valence electrons. The van der Waals surface area contributed by atoms with Gasteiger partial charge >= 0.3 is 0 Å². The third-order valence-electron chi connectivity index (χ3n) is 4.47. The fraction of sp³-hybridized carbons (Fsp3) is 0.174. The van der Waals surface area contributed by atoms with Gasteiger partial charge in [0.15, 0.2) is 11.6 Å². The highest BCUT2D eigenvalue weighted by Gasteiger charge is 2.23. The van der Waals surface area contributed by atoms with Crippen molar-refractivity contribution in [2.24, 2.45) is 5.16 Å². The van der Waals surface area contributed by atoms with E-state index in [4.69, 9.17) is 14.8 Å². The summed E-state index contributed by atoms with van der Waals surface area (Å²) in [4.78, 5) is 26.3. The molecule has 0 atom stereocenters. The van der Waals surface area contributed by atoms with E-state index in [1.54, 1.807) is 37.5 Å². The van der Waals surface area contributed by atoms with Crippen LogP contribution >= 0.6 is 0 Å². The van der Waals surface area contributed by atoms with Crippen molar-refractivity contribution in [3.63, 3.8) is 0 Å². The van der Waals surface area contributed by atoms with Gasteiger partial charge in [-0.3, -0.25) is 14.6 Å². The third kappa shape index (κ3) is 6.30. The van der Waals surface area contributed by atoms with Crippen molar-refractivity contribution < 1.29 is 32.7 Å². The quantitative estimate of drug-likeness (QED) is 0.235. The SMILES string of the molecule is Cc1ccc(Nc2c(C(=O)NOCCO)cc(/C=N/OCc3ccncc3)c(F)c2F)c(F)c1. The molecule has 0 spiro atoms. The number of aromatic nitrogens is 1. The fourth-order valence-corrected chi connectivity index (χ4v) is 2.80. The van der Waals surface area contributed by atoms with Crippen LogP contribution in [0.1, 0.15) is 27.0 Å². The lowest BCUT2D eigenvalue weighted by molar-refractivity contribution is 0.0168. The Kier molecular flexibility index (Phi) is 8.54. The van der Waals surface area contributed by atoms with E-state index >= 15 is 4.39 Å². The number of amides is 1. The highest BCUT2D eigenvalue weighted by molar-refractivity contribution is 6.01. The molecule has 0 saturated carbocycles. The van der Waals surface area contributed by atoms with Crippen molar-refractivity contribution in [1.82, 2.24) is 10.5 Å². The number of benzene rings is 2. The molecule has 1 amide bonds. The van der Waals surface area contributed by atoms with Crippen LogP contribution in [0.25, 0.3) is 0 Å². The molecular weight excluding hydrogens is 453 g/mol. The Bertz CT molecular complexity index is 1180. The molecular formula is C23H21F3N4O4. The number of rotatable bonds is 10. The monoisotopic (exact) mass is 474 g/mol. The molecule has 0 aliphatic heterocycles. The van der Waals surface area contributed by atoms with Crippen LogP contribution in [0.4, 0.5) is 24.5 Å². The average Bonchev–Trinajstić information content (AvgIpc) is 2.83. The minimum absolute atomic E-state index is 0.0534. The number of pyridine rings is 1. The second-order valence-corrected chi connectivity index (χ2v) is 6.99. The van der Waals surface area contributed by atoms with E-state index in [1.807, 2.05) is 5.48 Å². The maximum atomic E-state index is 15.0. The van der Waals surface area contributed by atoms with Gasteiger partial charge in [-0.1, -0.05) is 11.2 Å². The number of nitrogens with one attached hydrogen (secondary N) is 2. The van der Waals surface area contributed by atoms with Crippen LogP contribution in [0, 0.1) is 24.4 Å². The Hall–Kier alpha value is -3.96. The van der Waals surface area contributed by atoms with Crippen molar-refractivity contribution in [2.45, 2.75) is 13.5 Å². The van der Waals surface area contributed by atoms with Gasteiger partial charge in [-0.2, -0.15) is 0 Å². The maximum Gasteiger partial charge on any atom is 0.277 e. The Morgan fingerprint density at radius 1 is 1.15 bits per heavy atom. The lowest BCUT2D eigenvalue weighted by Gasteiger charge is -2.15. The van der Waals surface area contributed by atoms with Crippen molar-refractivity contribution in [3.8, 4) is 0 Å². The summed E-state index contributed by atoms with van der Waals surface area (Å²) in [6.07, 6.45) is 4.02. The Morgan fingerprint density at radius 3 is 2.62 bits per heavy atom. The largest absolute Gasteiger partial charge is 0.394 e. The summed E-state index contributed by atoms with van der Waals surface area (Å²) in [5.41, 5.74) is 1.80. The molecule has 0 saturated heterocycles. The molecule has 0 aliphatic rings. The van der Waals surface area contributed by atoms with Crippen LogP contribution in [0.3, 0.4) is 0 Å². The molecule has 2 aromatic carbocycles. The number of halogens is 3. The average molecular weight is 474 g/mol. The molecule has 3 rings (SSSR count). The van der Waals surface area contributed by atoms with Crippen LogP contribution in [0.2, 0.25) is 0 Å². The first-order valence-corrected chi connectivity index (χ1v) is 10.0. The number of oxime groups is 1. The minimum atomic E-state index is -1.44. The van der Waals surface area contributed by atoms with Crippen LogP contribution < -0.4 is 10.8 Å². The number of hydroxylamine groups is 1. The summed E-state index contributed by atoms with van der Waals surface area (Å²) >= 11 is 0. The lowest BCUT2D eigenvalue weighted by atomic mass is 10.1. The zero-order valence-electron chi connectivity index (χ0n) is 18.0. The molecule has 34 heavy (non-hydrogen) atoms. The first-order chi connectivity index (χ1) is 16.4. The summed E-state index contributed by atoms with van der Waals surface area (Å²) in [6, 6.07) is 8.47. The standard InChI is InChI=1S/C23H21F3N4O4/c1-14-2-3-19(18(24)10-14)29-22-17(23(32)30-33-9-8-31)11-16(20(25)21(22)26)12-28-34-13-15-4-6-27-7-5-15/h2-7,10-12,29,31H,8-9,13H2,1H3,(H,30,32)/b28-12+. The van der Waals surface area contributed by atoms with Crippen molar-refractivity contribution in [1.29, 1.82) is 0 Å². The molecule has 0 bridgehead atoms. The number of aliphatic hydroxyl groups is 1. The van der Waals surface area contributed by atoms with Crippen molar-refractivity contribution in [2.75, 3.05) is 18.5 Å². The van der Waals surface area contributed by atoms with Gasteiger partial charge in [0, 0.05) is 18.0 Å². The summed E-state index contributed by atoms with van der Waals surface area (Å²) in [6.45, 7) is 1.10. The molecule has 1 aromatic heterocycles. The van der Waals surface area contributed by atoms with Crippen LogP contribution in [0.5, 0.6) is 0 Å². The second kappa shape index (κ2) is 11.8. The Balaban J connectivity index is 1.91. The van der Waals surface area contributed by atoms with Gasteiger partial charge in [0.1, 0.15) is 12.4 Å². The smallest absolute Gasteiger partial charge is 0.277 e. The first-order valence-electron chi connectivity index (χ1n) is 10.0. The molecule has 0 unspecified atom stereocenters. The molecule has 11 heteroatoms. The lowest BCUT2D eigenvalue weighted by Crippen LogP contribution is -2.26. The topological polar surface area (TPSA) is 105 Å². The van der Waals surface area contributed by atoms with Gasteiger partial charge in [-0.25, -0.2) is 18.7 Å². The molecule has 0 radical (unpaired) electrons. The van der Waals surface area contributed by atoms with Gasteiger partial charge in [0.2, 0.25) is 0 Å². The zero-order chi connectivity index (χ0) is 24.5. The number of aliphatic hydroxyl groups excluding tert-OH is 1. The first kappa shape index (κ1) is 24.7.